The highest BCUT2D eigenvalue weighted by Gasteiger charge is 2.52. The molecular weight excluding hydrogens is 270 g/mol. The van der Waals surface area contributed by atoms with E-state index in [1.807, 2.05) is 6.92 Å². The third-order valence-corrected chi connectivity index (χ3v) is 4.69. The van der Waals surface area contributed by atoms with Gasteiger partial charge in [-0.3, -0.25) is 4.79 Å². The third kappa shape index (κ3) is 3.17. The van der Waals surface area contributed by atoms with Crippen molar-refractivity contribution in [1.29, 1.82) is 0 Å². The molecule has 1 fully saturated rings. The Morgan fingerprint density at radius 1 is 1.38 bits per heavy atom. The van der Waals surface area contributed by atoms with Crippen molar-refractivity contribution >= 4 is 5.78 Å². The largest absolute Gasteiger partial charge is 0.299 e. The Bertz CT molecular complexity index is 539. The molecule has 1 aliphatic rings. The minimum Gasteiger partial charge on any atom is -0.299 e. The normalized spacial score (nSPS) is 18.4. The van der Waals surface area contributed by atoms with Gasteiger partial charge in [0.25, 0.3) is 0 Å². The van der Waals surface area contributed by atoms with Gasteiger partial charge in [0.2, 0.25) is 0 Å². The number of halogens is 2. The van der Waals surface area contributed by atoms with Crippen molar-refractivity contribution in [3.05, 3.63) is 35.1 Å². The van der Waals surface area contributed by atoms with E-state index in [1.165, 1.54) is 19.9 Å². The van der Waals surface area contributed by atoms with Gasteiger partial charge >= 0.3 is 0 Å². The van der Waals surface area contributed by atoms with Crippen LogP contribution in [-0.4, -0.2) is 5.78 Å². The molecule has 0 N–H and O–H groups in total. The van der Waals surface area contributed by atoms with Crippen LogP contribution in [0.3, 0.4) is 0 Å². The first-order chi connectivity index (χ1) is 9.70. The van der Waals surface area contributed by atoms with E-state index in [9.17, 15) is 13.6 Å². The van der Waals surface area contributed by atoms with Gasteiger partial charge in [0.1, 0.15) is 17.3 Å². The first-order valence-corrected chi connectivity index (χ1v) is 7.73. The van der Waals surface area contributed by atoms with Gasteiger partial charge in [-0.15, -0.1) is 0 Å². The fourth-order valence-corrected chi connectivity index (χ4v) is 2.75. The lowest BCUT2D eigenvalue weighted by Crippen LogP contribution is -2.24. The fraction of sp³-hybridized carbons (Fsp3) is 0.611. The molecule has 0 aromatic heterocycles. The molecule has 1 aromatic rings. The van der Waals surface area contributed by atoms with Crippen molar-refractivity contribution in [1.82, 2.24) is 0 Å². The van der Waals surface area contributed by atoms with Crippen LogP contribution in [0, 0.1) is 11.7 Å². The number of Topliss-reactive ketones (excluding diaryl/α,β-unsaturated/α-hetero) is 1. The van der Waals surface area contributed by atoms with E-state index >= 15 is 0 Å². The summed E-state index contributed by atoms with van der Waals surface area (Å²) in [4.78, 5) is 12.5. The minimum atomic E-state index is -1.57. The molecule has 0 radical (unpaired) electrons. The van der Waals surface area contributed by atoms with Crippen LogP contribution in [0.25, 0.3) is 0 Å². The topological polar surface area (TPSA) is 17.1 Å². The van der Waals surface area contributed by atoms with Crippen LogP contribution in [-0.2, 0) is 15.9 Å². The highest BCUT2D eigenvalue weighted by atomic mass is 19.1. The molecule has 1 atom stereocenters. The molecule has 0 saturated heterocycles. The predicted octanol–water partition coefficient (Wildman–Crippen LogP) is 5.07. The number of benzene rings is 1. The number of rotatable bonds is 6. The molecule has 0 spiro atoms. The molecule has 0 aliphatic heterocycles. The second kappa shape index (κ2) is 5.51. The van der Waals surface area contributed by atoms with E-state index in [0.717, 1.165) is 6.42 Å². The minimum absolute atomic E-state index is 0.128. The van der Waals surface area contributed by atoms with E-state index in [1.54, 1.807) is 12.1 Å². The van der Waals surface area contributed by atoms with Gasteiger partial charge in [0, 0.05) is 12.0 Å². The first kappa shape index (κ1) is 16.1. The standard InChI is InChI=1S/C18H24F2O/c1-5-12(2)10-16(21)18(8-9-18)14-7-6-13(11-15(14)19)17(3,4)20/h6-7,11-12H,5,8-10H2,1-4H3. The summed E-state index contributed by atoms with van der Waals surface area (Å²) >= 11 is 0. The van der Waals surface area contributed by atoms with Crippen LogP contribution >= 0.6 is 0 Å². The zero-order valence-corrected chi connectivity index (χ0v) is 13.3. The predicted molar refractivity (Wildman–Crippen MR) is 80.5 cm³/mol. The molecule has 1 aromatic carbocycles. The second-order valence-corrected chi connectivity index (χ2v) is 6.89. The van der Waals surface area contributed by atoms with Crippen molar-refractivity contribution < 1.29 is 13.6 Å². The zero-order valence-electron chi connectivity index (χ0n) is 13.3. The van der Waals surface area contributed by atoms with Crippen molar-refractivity contribution in [3.63, 3.8) is 0 Å². The lowest BCUT2D eigenvalue weighted by Gasteiger charge is -2.20. The van der Waals surface area contributed by atoms with Gasteiger partial charge in [-0.05, 0) is 44.2 Å². The monoisotopic (exact) mass is 294 g/mol. The Morgan fingerprint density at radius 2 is 2.00 bits per heavy atom. The van der Waals surface area contributed by atoms with Crippen LogP contribution in [0.5, 0.6) is 0 Å². The Hall–Kier alpha value is -1.25. The van der Waals surface area contributed by atoms with Crippen LogP contribution in [0.2, 0.25) is 0 Å². The average Bonchev–Trinajstić information content (AvgIpc) is 3.18. The molecule has 0 heterocycles. The molecule has 1 unspecified atom stereocenters. The van der Waals surface area contributed by atoms with Gasteiger partial charge in [-0.1, -0.05) is 32.4 Å². The van der Waals surface area contributed by atoms with Gasteiger partial charge < -0.3 is 0 Å². The molecular formula is C18H24F2O. The van der Waals surface area contributed by atoms with Gasteiger partial charge in [-0.25, -0.2) is 8.78 Å². The summed E-state index contributed by atoms with van der Waals surface area (Å²) in [5, 5.41) is 0. The van der Waals surface area contributed by atoms with Crippen LogP contribution in [0.15, 0.2) is 18.2 Å². The van der Waals surface area contributed by atoms with Crippen LogP contribution in [0.4, 0.5) is 8.78 Å². The first-order valence-electron chi connectivity index (χ1n) is 7.73. The second-order valence-electron chi connectivity index (χ2n) is 6.89. The summed E-state index contributed by atoms with van der Waals surface area (Å²) in [5.41, 5.74) is -1.46. The molecule has 21 heavy (non-hydrogen) atoms. The highest BCUT2D eigenvalue weighted by molar-refractivity contribution is 5.93. The maximum Gasteiger partial charge on any atom is 0.143 e. The summed E-state index contributed by atoms with van der Waals surface area (Å²) in [6.07, 6.45) is 2.85. The average molecular weight is 294 g/mol. The third-order valence-electron chi connectivity index (χ3n) is 4.69. The van der Waals surface area contributed by atoms with Crippen molar-refractivity contribution in [2.75, 3.05) is 0 Å². The van der Waals surface area contributed by atoms with E-state index in [0.29, 0.717) is 36.3 Å². The number of carbonyl (C=O) groups excluding carboxylic acids is 1. The quantitative estimate of drug-likeness (QED) is 0.716. The smallest absolute Gasteiger partial charge is 0.143 e. The summed E-state index contributed by atoms with van der Waals surface area (Å²) < 4.78 is 28.3. The lowest BCUT2D eigenvalue weighted by atomic mass is 9.84. The van der Waals surface area contributed by atoms with E-state index in [-0.39, 0.29) is 5.78 Å². The van der Waals surface area contributed by atoms with E-state index in [2.05, 4.69) is 6.92 Å². The van der Waals surface area contributed by atoms with Crippen LogP contribution < -0.4 is 0 Å². The summed E-state index contributed by atoms with van der Waals surface area (Å²) in [5.74, 6) is -0.00156. The molecule has 1 aliphatic carbocycles. The van der Waals surface area contributed by atoms with E-state index < -0.39 is 16.9 Å². The molecule has 1 saturated carbocycles. The number of alkyl halides is 1. The molecule has 116 valence electrons. The number of hydrogen-bond donors (Lipinski definition) is 0. The Kier molecular flexibility index (Phi) is 4.23. The lowest BCUT2D eigenvalue weighted by molar-refractivity contribution is -0.122. The van der Waals surface area contributed by atoms with Gasteiger partial charge in [0.15, 0.2) is 0 Å². The van der Waals surface area contributed by atoms with Gasteiger partial charge in [0.05, 0.1) is 5.41 Å². The summed E-state index contributed by atoms with van der Waals surface area (Å²) in [6, 6.07) is 4.45. The fourth-order valence-electron chi connectivity index (χ4n) is 2.75. The van der Waals surface area contributed by atoms with Crippen molar-refractivity contribution in [2.45, 2.75) is 64.5 Å². The summed E-state index contributed by atoms with van der Waals surface area (Å²) in [6.45, 7) is 6.90. The van der Waals surface area contributed by atoms with Crippen molar-refractivity contribution in [2.24, 2.45) is 5.92 Å². The maximum absolute atomic E-state index is 14.4. The van der Waals surface area contributed by atoms with Crippen molar-refractivity contribution in [3.8, 4) is 0 Å². The molecule has 3 heteroatoms. The van der Waals surface area contributed by atoms with Gasteiger partial charge in [-0.2, -0.15) is 0 Å². The SMILES string of the molecule is CCC(C)CC(=O)C1(c2ccc(C(C)(C)F)cc2F)CC1. The number of hydrogen-bond acceptors (Lipinski definition) is 1. The van der Waals surface area contributed by atoms with Crippen LogP contribution in [0.1, 0.15) is 64.5 Å². The van der Waals surface area contributed by atoms with E-state index in [4.69, 9.17) is 0 Å². The number of carbonyl (C=O) groups is 1. The number of ketones is 1. The Morgan fingerprint density at radius 3 is 2.43 bits per heavy atom. The highest BCUT2D eigenvalue weighted by Crippen LogP contribution is 2.51. The molecule has 1 nitrogen and oxygen atoms in total. The molecule has 0 amide bonds. The maximum atomic E-state index is 14.4. The Labute approximate surface area is 125 Å². The molecule has 0 bridgehead atoms. The summed E-state index contributed by atoms with van der Waals surface area (Å²) in [7, 11) is 0. The zero-order chi connectivity index (χ0) is 15.8. The molecule has 2 rings (SSSR count). The Balaban J connectivity index is 2.28.